The van der Waals surface area contributed by atoms with Crippen molar-refractivity contribution in [1.82, 2.24) is 14.9 Å². The maximum atomic E-state index is 14.0. The molecule has 35 heavy (non-hydrogen) atoms. The van der Waals surface area contributed by atoms with Gasteiger partial charge in [-0.3, -0.25) is 14.4 Å². The van der Waals surface area contributed by atoms with Crippen LogP contribution in [0.25, 0.3) is 0 Å². The summed E-state index contributed by atoms with van der Waals surface area (Å²) in [5, 5.41) is 4.97. The highest BCUT2D eigenvalue weighted by Gasteiger charge is 2.32. The van der Waals surface area contributed by atoms with Gasteiger partial charge in [0.1, 0.15) is 11.5 Å². The Labute approximate surface area is 205 Å². The summed E-state index contributed by atoms with van der Waals surface area (Å²) in [6, 6.07) is 1.38. The minimum Gasteiger partial charge on any atom is -0.376 e. The Hall–Kier alpha value is -3.05. The first-order chi connectivity index (χ1) is 16.7. The lowest BCUT2D eigenvalue weighted by molar-refractivity contribution is -0.121. The fourth-order valence-electron chi connectivity index (χ4n) is 4.65. The maximum Gasteiger partial charge on any atom is 0.272 e. The van der Waals surface area contributed by atoms with Crippen LogP contribution in [0.1, 0.15) is 65.5 Å². The van der Waals surface area contributed by atoms with Crippen molar-refractivity contribution in [3.8, 4) is 0 Å². The van der Waals surface area contributed by atoms with Gasteiger partial charge in [0.15, 0.2) is 11.5 Å². The zero-order valence-corrected chi connectivity index (χ0v) is 19.6. The molecule has 2 heterocycles. The van der Waals surface area contributed by atoms with Crippen LogP contribution in [0.15, 0.2) is 18.5 Å². The number of carbonyl (C=O) groups excluding carboxylic acids is 3. The largest absolute Gasteiger partial charge is 0.376 e. The van der Waals surface area contributed by atoms with Gasteiger partial charge >= 0.3 is 0 Å². The predicted molar refractivity (Wildman–Crippen MR) is 123 cm³/mol. The number of aromatic nitrogens is 2. The van der Waals surface area contributed by atoms with E-state index in [1.807, 2.05) is 0 Å². The van der Waals surface area contributed by atoms with Gasteiger partial charge in [-0.05, 0) is 44.6 Å². The molecule has 4 N–H and O–H groups in total. The predicted octanol–water partition coefficient (Wildman–Crippen LogP) is 3.19. The molecule has 1 saturated heterocycles. The molecule has 12 heteroatoms. The second-order valence-corrected chi connectivity index (χ2v) is 9.20. The maximum absolute atomic E-state index is 14.0. The molecule has 188 valence electrons. The van der Waals surface area contributed by atoms with E-state index in [1.165, 1.54) is 6.33 Å². The SMILES string of the molecule is NC(=O)c1c(C(=O)NCC2CCCO2)ncn1[C@H]1CC[C@H](C(=O)Nc2c(F)cc(F)cc2Cl)CC1. The van der Waals surface area contributed by atoms with Gasteiger partial charge in [0.2, 0.25) is 5.91 Å². The number of anilines is 1. The molecular formula is C23H26ClF2N5O4. The van der Waals surface area contributed by atoms with Crippen molar-refractivity contribution in [2.45, 2.75) is 50.7 Å². The molecule has 2 aromatic rings. The Balaban J connectivity index is 1.39. The lowest BCUT2D eigenvalue weighted by Gasteiger charge is -2.29. The summed E-state index contributed by atoms with van der Waals surface area (Å²) < 4.78 is 34.4. The van der Waals surface area contributed by atoms with E-state index in [2.05, 4.69) is 15.6 Å². The number of primary amides is 1. The number of amides is 3. The second kappa shape index (κ2) is 10.7. The number of ether oxygens (including phenoxy) is 1. The van der Waals surface area contributed by atoms with E-state index in [0.717, 1.165) is 18.9 Å². The van der Waals surface area contributed by atoms with Gasteiger partial charge < -0.3 is 25.7 Å². The molecule has 2 aliphatic rings. The molecule has 2 fully saturated rings. The average Bonchev–Trinajstić information content (AvgIpc) is 3.50. The lowest BCUT2D eigenvalue weighted by Crippen LogP contribution is -2.34. The topological polar surface area (TPSA) is 128 Å². The monoisotopic (exact) mass is 509 g/mol. The van der Waals surface area contributed by atoms with Gasteiger partial charge in [-0.15, -0.1) is 0 Å². The van der Waals surface area contributed by atoms with Crippen LogP contribution in [0.4, 0.5) is 14.5 Å². The third kappa shape index (κ3) is 5.62. The molecule has 1 saturated carbocycles. The number of nitrogens with one attached hydrogen (secondary N) is 2. The van der Waals surface area contributed by atoms with Crippen molar-refractivity contribution >= 4 is 35.0 Å². The van der Waals surface area contributed by atoms with Crippen LogP contribution in [0, 0.1) is 17.6 Å². The van der Waals surface area contributed by atoms with Gasteiger partial charge in [0.05, 0.1) is 23.1 Å². The number of carbonyl (C=O) groups is 3. The summed E-state index contributed by atoms with van der Waals surface area (Å²) in [6.45, 7) is 0.983. The Bertz CT molecular complexity index is 1100. The zero-order valence-electron chi connectivity index (χ0n) is 18.9. The molecule has 1 aliphatic heterocycles. The highest BCUT2D eigenvalue weighted by atomic mass is 35.5. The van der Waals surface area contributed by atoms with E-state index in [1.54, 1.807) is 4.57 Å². The molecule has 1 aromatic heterocycles. The fourth-order valence-corrected chi connectivity index (χ4v) is 4.89. The van der Waals surface area contributed by atoms with Gasteiger partial charge in [-0.2, -0.15) is 0 Å². The number of nitrogens with zero attached hydrogens (tertiary/aromatic N) is 2. The van der Waals surface area contributed by atoms with Crippen molar-refractivity contribution < 1.29 is 27.9 Å². The third-order valence-electron chi connectivity index (χ3n) is 6.47. The summed E-state index contributed by atoms with van der Waals surface area (Å²) >= 11 is 5.87. The molecule has 0 spiro atoms. The Morgan fingerprint density at radius 1 is 1.17 bits per heavy atom. The number of halogens is 3. The Morgan fingerprint density at radius 3 is 2.54 bits per heavy atom. The van der Waals surface area contributed by atoms with E-state index >= 15 is 0 Å². The molecule has 0 bridgehead atoms. The highest BCUT2D eigenvalue weighted by molar-refractivity contribution is 6.33. The first-order valence-corrected chi connectivity index (χ1v) is 11.8. The van der Waals surface area contributed by atoms with Gasteiger partial charge in [0, 0.05) is 31.2 Å². The van der Waals surface area contributed by atoms with E-state index in [4.69, 9.17) is 22.1 Å². The summed E-state index contributed by atoms with van der Waals surface area (Å²) in [5.41, 5.74) is 5.29. The number of imidazole rings is 1. The molecule has 1 aromatic carbocycles. The number of hydrogen-bond donors (Lipinski definition) is 3. The lowest BCUT2D eigenvalue weighted by atomic mass is 9.85. The summed E-state index contributed by atoms with van der Waals surface area (Å²) in [6.07, 6.45) is 5.04. The minimum absolute atomic E-state index is 0.0166. The molecule has 9 nitrogen and oxygen atoms in total. The van der Waals surface area contributed by atoms with Gasteiger partial charge in [-0.25, -0.2) is 13.8 Å². The van der Waals surface area contributed by atoms with Crippen LogP contribution >= 0.6 is 11.6 Å². The van der Waals surface area contributed by atoms with Crippen molar-refractivity contribution in [1.29, 1.82) is 0 Å². The number of nitrogens with two attached hydrogens (primary N) is 1. The van der Waals surface area contributed by atoms with Crippen LogP contribution in [0.3, 0.4) is 0 Å². The van der Waals surface area contributed by atoms with Crippen molar-refractivity contribution in [2.24, 2.45) is 11.7 Å². The zero-order chi connectivity index (χ0) is 25.1. The summed E-state index contributed by atoms with van der Waals surface area (Å²) in [4.78, 5) is 41.6. The van der Waals surface area contributed by atoms with Crippen LogP contribution in [0.2, 0.25) is 5.02 Å². The quantitative estimate of drug-likeness (QED) is 0.528. The molecule has 1 atom stereocenters. The average molecular weight is 510 g/mol. The van der Waals surface area contributed by atoms with E-state index in [-0.39, 0.29) is 34.2 Å². The molecule has 1 aliphatic carbocycles. The molecule has 3 amide bonds. The molecule has 4 rings (SSSR count). The molecule has 1 unspecified atom stereocenters. The van der Waals surface area contributed by atoms with E-state index in [0.29, 0.717) is 44.9 Å². The van der Waals surface area contributed by atoms with E-state index < -0.39 is 35.3 Å². The Morgan fingerprint density at radius 2 is 1.91 bits per heavy atom. The van der Waals surface area contributed by atoms with Crippen molar-refractivity contribution in [3.05, 3.63) is 46.5 Å². The van der Waals surface area contributed by atoms with Crippen LogP contribution < -0.4 is 16.4 Å². The first kappa shape index (κ1) is 25.1. The summed E-state index contributed by atoms with van der Waals surface area (Å²) in [5.74, 6) is -3.92. The van der Waals surface area contributed by atoms with E-state index in [9.17, 15) is 23.2 Å². The highest BCUT2D eigenvalue weighted by Crippen LogP contribution is 2.35. The molecular weight excluding hydrogens is 484 g/mol. The summed E-state index contributed by atoms with van der Waals surface area (Å²) in [7, 11) is 0. The van der Waals surface area contributed by atoms with Gasteiger partial charge in [-0.1, -0.05) is 11.6 Å². The normalized spacial score (nSPS) is 22.1. The van der Waals surface area contributed by atoms with Crippen molar-refractivity contribution in [3.63, 3.8) is 0 Å². The van der Waals surface area contributed by atoms with Gasteiger partial charge in [0.25, 0.3) is 11.8 Å². The Kier molecular flexibility index (Phi) is 7.66. The number of hydrogen-bond acceptors (Lipinski definition) is 5. The number of benzene rings is 1. The number of rotatable bonds is 7. The smallest absolute Gasteiger partial charge is 0.272 e. The first-order valence-electron chi connectivity index (χ1n) is 11.5. The molecule has 0 radical (unpaired) electrons. The fraction of sp³-hybridized carbons (Fsp3) is 0.478. The van der Waals surface area contributed by atoms with Crippen LogP contribution in [-0.4, -0.2) is 46.5 Å². The standard InChI is InChI=1S/C23H26ClF2N5O4/c24-16-8-13(25)9-17(26)18(16)30-22(33)12-3-5-14(6-4-12)31-11-29-19(20(31)21(27)32)23(34)28-10-15-2-1-7-35-15/h8-9,11-12,14-15H,1-7,10H2,(H2,27,32)(H,28,34)(H,30,33)/t12-,14-,15?. The second-order valence-electron chi connectivity index (χ2n) is 8.80. The van der Waals surface area contributed by atoms with Crippen LogP contribution in [0.5, 0.6) is 0 Å². The van der Waals surface area contributed by atoms with Crippen LogP contribution in [-0.2, 0) is 9.53 Å². The minimum atomic E-state index is -0.952. The third-order valence-corrected chi connectivity index (χ3v) is 6.77. The van der Waals surface area contributed by atoms with Crippen molar-refractivity contribution in [2.75, 3.05) is 18.5 Å².